The van der Waals surface area contributed by atoms with Crippen molar-refractivity contribution < 1.29 is 9.90 Å². The highest BCUT2D eigenvalue weighted by Gasteiger charge is 2.30. The summed E-state index contributed by atoms with van der Waals surface area (Å²) in [6, 6.07) is 0. The van der Waals surface area contributed by atoms with Gasteiger partial charge in [0.1, 0.15) is 5.78 Å². The van der Waals surface area contributed by atoms with E-state index in [-0.39, 0.29) is 17.3 Å². The molecular formula is C12H23NO2. The van der Waals surface area contributed by atoms with Gasteiger partial charge >= 0.3 is 0 Å². The van der Waals surface area contributed by atoms with Crippen molar-refractivity contribution in [2.75, 3.05) is 19.6 Å². The van der Waals surface area contributed by atoms with Crippen molar-refractivity contribution in [2.24, 2.45) is 11.3 Å². The topological polar surface area (TPSA) is 40.5 Å². The molecule has 15 heavy (non-hydrogen) atoms. The van der Waals surface area contributed by atoms with Crippen LogP contribution in [0.5, 0.6) is 0 Å². The van der Waals surface area contributed by atoms with Gasteiger partial charge in [0, 0.05) is 25.0 Å². The van der Waals surface area contributed by atoms with Crippen LogP contribution in [-0.2, 0) is 4.79 Å². The van der Waals surface area contributed by atoms with Gasteiger partial charge in [-0.05, 0) is 19.3 Å². The van der Waals surface area contributed by atoms with Gasteiger partial charge in [-0.2, -0.15) is 0 Å². The molecule has 1 aliphatic heterocycles. The monoisotopic (exact) mass is 213 g/mol. The summed E-state index contributed by atoms with van der Waals surface area (Å²) in [5.41, 5.74) is -0.262. The Balaban J connectivity index is 2.50. The van der Waals surface area contributed by atoms with E-state index in [0.29, 0.717) is 5.92 Å². The molecule has 1 rings (SSSR count). The second kappa shape index (κ2) is 4.62. The standard InChI is InChI=1S/C12H23NO2/c1-9-7-13(6-5-11(9)15)8-12(3,4)10(2)14/h9,11,15H,5-8H2,1-4H3. The zero-order chi connectivity index (χ0) is 11.6. The van der Waals surface area contributed by atoms with E-state index in [4.69, 9.17) is 0 Å². The number of Topliss-reactive ketones (excluding diaryl/α,β-unsaturated/α-hetero) is 1. The zero-order valence-electron chi connectivity index (χ0n) is 10.3. The van der Waals surface area contributed by atoms with Crippen LogP contribution in [0.4, 0.5) is 0 Å². The van der Waals surface area contributed by atoms with Gasteiger partial charge in [0.2, 0.25) is 0 Å². The largest absolute Gasteiger partial charge is 0.393 e. The molecule has 0 bridgehead atoms. The number of hydrogen-bond donors (Lipinski definition) is 1. The van der Waals surface area contributed by atoms with Crippen molar-refractivity contribution in [3.05, 3.63) is 0 Å². The first-order valence-electron chi connectivity index (χ1n) is 5.74. The average molecular weight is 213 g/mol. The Bertz CT molecular complexity index is 238. The fourth-order valence-corrected chi connectivity index (χ4v) is 2.03. The minimum Gasteiger partial charge on any atom is -0.393 e. The van der Waals surface area contributed by atoms with Crippen LogP contribution < -0.4 is 0 Å². The quantitative estimate of drug-likeness (QED) is 0.768. The predicted molar refractivity (Wildman–Crippen MR) is 60.7 cm³/mol. The number of ketones is 1. The first kappa shape index (κ1) is 12.7. The lowest BCUT2D eigenvalue weighted by Gasteiger charge is -2.38. The lowest BCUT2D eigenvalue weighted by molar-refractivity contribution is -0.126. The molecule has 0 radical (unpaired) electrons. The van der Waals surface area contributed by atoms with Crippen molar-refractivity contribution in [2.45, 2.75) is 40.2 Å². The molecule has 2 unspecified atom stereocenters. The molecular weight excluding hydrogens is 190 g/mol. The van der Waals surface area contributed by atoms with Gasteiger partial charge in [0.15, 0.2) is 0 Å². The van der Waals surface area contributed by atoms with Crippen LogP contribution in [0.3, 0.4) is 0 Å². The van der Waals surface area contributed by atoms with Gasteiger partial charge in [0.25, 0.3) is 0 Å². The molecule has 2 atom stereocenters. The summed E-state index contributed by atoms with van der Waals surface area (Å²) in [6.45, 7) is 10.3. The maximum absolute atomic E-state index is 11.4. The number of aliphatic hydroxyl groups is 1. The number of rotatable bonds is 3. The Morgan fingerprint density at radius 2 is 2.13 bits per heavy atom. The number of piperidine rings is 1. The third kappa shape index (κ3) is 3.28. The first-order chi connectivity index (χ1) is 6.83. The third-order valence-corrected chi connectivity index (χ3v) is 3.52. The summed E-state index contributed by atoms with van der Waals surface area (Å²) >= 11 is 0. The molecule has 0 aromatic rings. The molecule has 0 amide bonds. The zero-order valence-corrected chi connectivity index (χ0v) is 10.3. The summed E-state index contributed by atoms with van der Waals surface area (Å²) in [5, 5.41) is 9.61. The molecule has 1 aliphatic rings. The van der Waals surface area contributed by atoms with Crippen molar-refractivity contribution in [3.63, 3.8) is 0 Å². The van der Waals surface area contributed by atoms with Crippen LogP contribution in [0.25, 0.3) is 0 Å². The maximum Gasteiger partial charge on any atom is 0.136 e. The van der Waals surface area contributed by atoms with E-state index < -0.39 is 0 Å². The molecule has 1 saturated heterocycles. The summed E-state index contributed by atoms with van der Waals surface area (Å²) < 4.78 is 0. The minimum absolute atomic E-state index is 0.165. The van der Waals surface area contributed by atoms with E-state index in [1.807, 2.05) is 13.8 Å². The molecule has 3 nitrogen and oxygen atoms in total. The number of carbonyl (C=O) groups excluding carboxylic acids is 1. The molecule has 0 aliphatic carbocycles. The molecule has 3 heteroatoms. The van der Waals surface area contributed by atoms with E-state index in [2.05, 4.69) is 11.8 Å². The van der Waals surface area contributed by atoms with Gasteiger partial charge in [-0.25, -0.2) is 0 Å². The van der Waals surface area contributed by atoms with E-state index >= 15 is 0 Å². The smallest absolute Gasteiger partial charge is 0.136 e. The Morgan fingerprint density at radius 3 is 2.60 bits per heavy atom. The van der Waals surface area contributed by atoms with Gasteiger partial charge < -0.3 is 10.0 Å². The van der Waals surface area contributed by atoms with E-state index in [0.717, 1.165) is 26.1 Å². The highest BCUT2D eigenvalue weighted by molar-refractivity contribution is 5.81. The number of carbonyl (C=O) groups is 1. The van der Waals surface area contributed by atoms with E-state index in [1.165, 1.54) is 0 Å². The van der Waals surface area contributed by atoms with Crippen LogP contribution in [0.15, 0.2) is 0 Å². The van der Waals surface area contributed by atoms with Gasteiger partial charge in [0.05, 0.1) is 6.10 Å². The molecule has 1 fully saturated rings. The number of aliphatic hydroxyl groups excluding tert-OH is 1. The van der Waals surface area contributed by atoms with Crippen molar-refractivity contribution >= 4 is 5.78 Å². The van der Waals surface area contributed by atoms with Crippen molar-refractivity contribution in [1.29, 1.82) is 0 Å². The lowest BCUT2D eigenvalue weighted by atomic mass is 9.86. The lowest BCUT2D eigenvalue weighted by Crippen LogP contribution is -2.47. The molecule has 0 spiro atoms. The van der Waals surface area contributed by atoms with Gasteiger partial charge in [-0.1, -0.05) is 20.8 Å². The van der Waals surface area contributed by atoms with Gasteiger partial charge in [-0.3, -0.25) is 4.79 Å². The maximum atomic E-state index is 11.4. The highest BCUT2D eigenvalue weighted by Crippen LogP contribution is 2.23. The fraction of sp³-hybridized carbons (Fsp3) is 0.917. The second-order valence-electron chi connectivity index (χ2n) is 5.51. The molecule has 0 aromatic carbocycles. The Labute approximate surface area is 92.5 Å². The first-order valence-corrected chi connectivity index (χ1v) is 5.74. The fourth-order valence-electron chi connectivity index (χ4n) is 2.03. The summed E-state index contributed by atoms with van der Waals surface area (Å²) in [4.78, 5) is 13.7. The second-order valence-corrected chi connectivity index (χ2v) is 5.51. The van der Waals surface area contributed by atoms with Crippen LogP contribution in [-0.4, -0.2) is 41.5 Å². The predicted octanol–water partition coefficient (Wildman–Crippen LogP) is 1.30. The van der Waals surface area contributed by atoms with Crippen LogP contribution in [0.2, 0.25) is 0 Å². The van der Waals surface area contributed by atoms with Crippen molar-refractivity contribution in [3.8, 4) is 0 Å². The third-order valence-electron chi connectivity index (χ3n) is 3.52. The summed E-state index contributed by atoms with van der Waals surface area (Å²) in [5.74, 6) is 0.558. The molecule has 1 heterocycles. The normalized spacial score (nSPS) is 29.1. The van der Waals surface area contributed by atoms with Gasteiger partial charge in [-0.15, -0.1) is 0 Å². The molecule has 0 saturated carbocycles. The average Bonchev–Trinajstić information content (AvgIpc) is 2.10. The minimum atomic E-state index is -0.262. The van der Waals surface area contributed by atoms with Crippen LogP contribution in [0, 0.1) is 11.3 Å². The van der Waals surface area contributed by atoms with Crippen LogP contribution >= 0.6 is 0 Å². The molecule has 88 valence electrons. The number of nitrogens with zero attached hydrogens (tertiary/aromatic N) is 1. The summed E-state index contributed by atoms with van der Waals surface area (Å²) in [6.07, 6.45) is 0.663. The Hall–Kier alpha value is -0.410. The SMILES string of the molecule is CC(=O)C(C)(C)CN1CCC(O)C(C)C1. The summed E-state index contributed by atoms with van der Waals surface area (Å²) in [7, 11) is 0. The van der Waals surface area contributed by atoms with E-state index in [1.54, 1.807) is 6.92 Å². The number of likely N-dealkylation sites (tertiary alicyclic amines) is 1. The van der Waals surface area contributed by atoms with Crippen LogP contribution in [0.1, 0.15) is 34.1 Å². The Kier molecular flexibility index (Phi) is 3.90. The van der Waals surface area contributed by atoms with Crippen molar-refractivity contribution in [1.82, 2.24) is 4.90 Å². The highest BCUT2D eigenvalue weighted by atomic mass is 16.3. The molecule has 1 N–H and O–H groups in total. The Morgan fingerprint density at radius 1 is 1.53 bits per heavy atom. The number of hydrogen-bond acceptors (Lipinski definition) is 3. The van der Waals surface area contributed by atoms with E-state index in [9.17, 15) is 9.90 Å². The molecule has 0 aromatic heterocycles.